The average molecular weight is 156 g/mol. The first-order valence-corrected chi connectivity index (χ1v) is 3.15. The van der Waals surface area contributed by atoms with Crippen LogP contribution in [0.15, 0.2) is 21.7 Å². The summed E-state index contributed by atoms with van der Waals surface area (Å²) in [6.45, 7) is -0.0469. The zero-order chi connectivity index (χ0) is 8.27. The molecule has 0 aromatic carbocycles. The molecule has 0 atom stereocenters. The lowest BCUT2D eigenvalue weighted by atomic mass is 10.5. The molecule has 0 spiro atoms. The van der Waals surface area contributed by atoms with Crippen molar-refractivity contribution in [2.24, 2.45) is 0 Å². The summed E-state index contributed by atoms with van der Waals surface area (Å²) < 4.78 is 1.06. The van der Waals surface area contributed by atoms with Gasteiger partial charge in [0.1, 0.15) is 0 Å². The van der Waals surface area contributed by atoms with Crippen LogP contribution in [0, 0.1) is 0 Å². The van der Waals surface area contributed by atoms with Gasteiger partial charge in [-0.2, -0.15) is 0 Å². The quantitative estimate of drug-likeness (QED) is 0.548. The van der Waals surface area contributed by atoms with Crippen molar-refractivity contribution in [1.82, 2.24) is 9.78 Å². The standard InChI is InChI=1S/C6H8N2O3/c9-4-3-8-6(11)2-1-5(10)7-8/h1-2,9H,3-4H2,(H,7,10). The number of H-pyrrole nitrogens is 1. The molecule has 1 aromatic rings. The Hall–Kier alpha value is -1.36. The molecule has 0 bridgehead atoms. The second kappa shape index (κ2) is 3.16. The Labute approximate surface area is 61.9 Å². The van der Waals surface area contributed by atoms with E-state index in [1.807, 2.05) is 0 Å². The predicted molar refractivity (Wildman–Crippen MR) is 38.4 cm³/mol. The molecule has 2 N–H and O–H groups in total. The third-order valence-corrected chi connectivity index (χ3v) is 1.21. The van der Waals surface area contributed by atoms with E-state index in [2.05, 4.69) is 5.10 Å². The van der Waals surface area contributed by atoms with Crippen LogP contribution in [0.3, 0.4) is 0 Å². The molecule has 1 heterocycles. The lowest BCUT2D eigenvalue weighted by molar-refractivity contribution is 0.265. The van der Waals surface area contributed by atoms with E-state index >= 15 is 0 Å². The zero-order valence-electron chi connectivity index (χ0n) is 5.78. The lowest BCUT2D eigenvalue weighted by Gasteiger charge is -1.99. The molecule has 11 heavy (non-hydrogen) atoms. The number of aromatic nitrogens is 2. The van der Waals surface area contributed by atoms with Crippen molar-refractivity contribution in [2.75, 3.05) is 6.61 Å². The summed E-state index contributed by atoms with van der Waals surface area (Å²) >= 11 is 0. The number of aromatic amines is 1. The van der Waals surface area contributed by atoms with Gasteiger partial charge in [0.15, 0.2) is 0 Å². The molecule has 1 rings (SSSR count). The highest BCUT2D eigenvalue weighted by molar-refractivity contribution is 4.85. The normalized spacial score (nSPS) is 9.91. The highest BCUT2D eigenvalue weighted by atomic mass is 16.3. The average Bonchev–Trinajstić information content (AvgIpc) is 1.98. The summed E-state index contributed by atoms with van der Waals surface area (Å²) in [6.07, 6.45) is 0. The van der Waals surface area contributed by atoms with Gasteiger partial charge in [-0.15, -0.1) is 0 Å². The Morgan fingerprint density at radius 1 is 1.45 bits per heavy atom. The Balaban J connectivity index is 3.13. The molecular formula is C6H8N2O3. The molecule has 0 aliphatic carbocycles. The second-order valence-corrected chi connectivity index (χ2v) is 2.02. The summed E-state index contributed by atoms with van der Waals surface area (Å²) in [5, 5.41) is 10.7. The maximum atomic E-state index is 10.8. The van der Waals surface area contributed by atoms with Crippen LogP contribution in [0.1, 0.15) is 0 Å². The van der Waals surface area contributed by atoms with E-state index in [1.165, 1.54) is 0 Å². The number of aliphatic hydroxyl groups is 1. The van der Waals surface area contributed by atoms with Crippen LogP contribution in [0.5, 0.6) is 0 Å². The third-order valence-electron chi connectivity index (χ3n) is 1.21. The lowest BCUT2D eigenvalue weighted by Crippen LogP contribution is -2.28. The zero-order valence-corrected chi connectivity index (χ0v) is 5.78. The Morgan fingerprint density at radius 2 is 2.18 bits per heavy atom. The Morgan fingerprint density at radius 3 is 2.82 bits per heavy atom. The van der Waals surface area contributed by atoms with Gasteiger partial charge in [-0.05, 0) is 0 Å². The fourth-order valence-corrected chi connectivity index (χ4v) is 0.728. The molecule has 60 valence electrons. The summed E-state index contributed by atoms with van der Waals surface area (Å²) in [5.41, 5.74) is -0.670. The molecule has 5 nitrogen and oxygen atoms in total. The van der Waals surface area contributed by atoms with Crippen LogP contribution in [0.25, 0.3) is 0 Å². The van der Waals surface area contributed by atoms with Gasteiger partial charge in [0.25, 0.3) is 11.1 Å². The van der Waals surface area contributed by atoms with Crippen LogP contribution in [0.2, 0.25) is 0 Å². The molecule has 1 aromatic heterocycles. The van der Waals surface area contributed by atoms with Gasteiger partial charge in [0.05, 0.1) is 13.2 Å². The fraction of sp³-hybridized carbons (Fsp3) is 0.333. The van der Waals surface area contributed by atoms with E-state index in [0.29, 0.717) is 0 Å². The molecule has 0 aliphatic heterocycles. The molecular weight excluding hydrogens is 148 g/mol. The Bertz CT molecular complexity index is 338. The van der Waals surface area contributed by atoms with E-state index in [0.717, 1.165) is 16.8 Å². The number of hydrogen-bond acceptors (Lipinski definition) is 3. The van der Waals surface area contributed by atoms with Gasteiger partial charge < -0.3 is 5.11 Å². The van der Waals surface area contributed by atoms with Gasteiger partial charge in [-0.25, -0.2) is 4.68 Å². The van der Waals surface area contributed by atoms with E-state index < -0.39 is 0 Å². The SMILES string of the molecule is O=c1ccc(=O)n(CCO)[nH]1. The van der Waals surface area contributed by atoms with Crippen LogP contribution in [-0.4, -0.2) is 21.5 Å². The van der Waals surface area contributed by atoms with Crippen molar-refractivity contribution in [3.63, 3.8) is 0 Å². The van der Waals surface area contributed by atoms with Crippen molar-refractivity contribution >= 4 is 0 Å². The molecule has 0 unspecified atom stereocenters. The van der Waals surface area contributed by atoms with Crippen molar-refractivity contribution in [1.29, 1.82) is 0 Å². The van der Waals surface area contributed by atoms with Gasteiger partial charge in [-0.1, -0.05) is 0 Å². The van der Waals surface area contributed by atoms with E-state index in [1.54, 1.807) is 0 Å². The van der Waals surface area contributed by atoms with Crippen LogP contribution < -0.4 is 11.1 Å². The summed E-state index contributed by atoms with van der Waals surface area (Å²) in [7, 11) is 0. The molecule has 0 radical (unpaired) electrons. The Kier molecular flexibility index (Phi) is 2.22. The van der Waals surface area contributed by atoms with Crippen molar-refractivity contribution in [3.05, 3.63) is 32.8 Å². The number of aliphatic hydroxyl groups excluding tert-OH is 1. The minimum atomic E-state index is -0.349. The highest BCUT2D eigenvalue weighted by Gasteiger charge is 1.92. The number of rotatable bonds is 2. The van der Waals surface area contributed by atoms with E-state index in [-0.39, 0.29) is 24.3 Å². The number of hydrogen-bond donors (Lipinski definition) is 2. The van der Waals surface area contributed by atoms with Crippen molar-refractivity contribution in [3.8, 4) is 0 Å². The molecule has 0 amide bonds. The van der Waals surface area contributed by atoms with Gasteiger partial charge >= 0.3 is 0 Å². The van der Waals surface area contributed by atoms with Gasteiger partial charge in [-0.3, -0.25) is 14.7 Å². The maximum absolute atomic E-state index is 10.8. The summed E-state index contributed by atoms with van der Waals surface area (Å²) in [6, 6.07) is 2.31. The topological polar surface area (TPSA) is 75.1 Å². The monoisotopic (exact) mass is 156 g/mol. The smallest absolute Gasteiger partial charge is 0.265 e. The van der Waals surface area contributed by atoms with Crippen molar-refractivity contribution in [2.45, 2.75) is 6.54 Å². The minimum absolute atomic E-state index is 0.120. The van der Waals surface area contributed by atoms with Crippen molar-refractivity contribution < 1.29 is 5.11 Å². The minimum Gasteiger partial charge on any atom is -0.394 e. The van der Waals surface area contributed by atoms with Gasteiger partial charge in [0, 0.05) is 12.1 Å². The van der Waals surface area contributed by atoms with Crippen LogP contribution in [0.4, 0.5) is 0 Å². The first-order chi connectivity index (χ1) is 5.24. The summed E-state index contributed by atoms with van der Waals surface area (Å²) in [4.78, 5) is 21.5. The molecule has 0 aliphatic rings. The fourth-order valence-electron chi connectivity index (χ4n) is 0.728. The third kappa shape index (κ3) is 1.78. The second-order valence-electron chi connectivity index (χ2n) is 2.02. The van der Waals surface area contributed by atoms with Crippen LogP contribution >= 0.6 is 0 Å². The first kappa shape index (κ1) is 7.74. The van der Waals surface area contributed by atoms with Crippen LogP contribution in [-0.2, 0) is 6.54 Å². The number of nitrogens with zero attached hydrogens (tertiary/aromatic N) is 1. The molecule has 0 saturated heterocycles. The molecule has 5 heteroatoms. The first-order valence-electron chi connectivity index (χ1n) is 3.15. The molecule has 0 saturated carbocycles. The molecule has 0 fully saturated rings. The van der Waals surface area contributed by atoms with Gasteiger partial charge in [0.2, 0.25) is 0 Å². The highest BCUT2D eigenvalue weighted by Crippen LogP contribution is 1.68. The predicted octanol–water partition coefficient (Wildman–Crippen LogP) is -1.47. The van der Waals surface area contributed by atoms with E-state index in [9.17, 15) is 9.59 Å². The summed E-state index contributed by atoms with van der Waals surface area (Å²) in [5.74, 6) is 0. The number of nitrogens with one attached hydrogen (secondary N) is 1. The largest absolute Gasteiger partial charge is 0.394 e. The van der Waals surface area contributed by atoms with E-state index in [4.69, 9.17) is 5.11 Å². The maximum Gasteiger partial charge on any atom is 0.265 e.